The number of hydrogen-bond acceptors (Lipinski definition) is 3. The van der Waals surface area contributed by atoms with Crippen LogP contribution < -0.4 is 0 Å². The van der Waals surface area contributed by atoms with Gasteiger partial charge in [-0.3, -0.25) is 4.98 Å². The largest absolute Gasteiger partial charge is 0.262 e. The van der Waals surface area contributed by atoms with E-state index < -0.39 is 10.0 Å². The number of hydrogen-bond donors (Lipinski definition) is 0. The third-order valence-electron chi connectivity index (χ3n) is 2.08. The van der Waals surface area contributed by atoms with Gasteiger partial charge in [0, 0.05) is 30.0 Å². The predicted octanol–water partition coefficient (Wildman–Crippen LogP) is 1.87. The van der Waals surface area contributed by atoms with Crippen molar-refractivity contribution in [1.82, 2.24) is 9.29 Å². The molecule has 84 valence electrons. The van der Waals surface area contributed by atoms with Gasteiger partial charge in [0.25, 0.3) is 0 Å². The lowest BCUT2D eigenvalue weighted by Gasteiger charge is -2.20. The zero-order valence-corrected chi connectivity index (χ0v) is 11.2. The summed E-state index contributed by atoms with van der Waals surface area (Å²) >= 11 is 3.20. The van der Waals surface area contributed by atoms with Crippen LogP contribution in [0, 0.1) is 0 Å². The molecule has 6 heteroatoms. The molecule has 15 heavy (non-hydrogen) atoms. The van der Waals surface area contributed by atoms with Gasteiger partial charge < -0.3 is 0 Å². The Kier molecular flexibility index (Phi) is 3.86. The smallest absolute Gasteiger partial charge is 0.244 e. The Labute approximate surface area is 98.5 Å². The second-order valence-corrected chi connectivity index (χ2v) is 6.37. The maximum absolute atomic E-state index is 12.0. The van der Waals surface area contributed by atoms with Crippen molar-refractivity contribution >= 4 is 26.0 Å². The lowest BCUT2D eigenvalue weighted by atomic mass is 10.4. The van der Waals surface area contributed by atoms with Gasteiger partial charge in [-0.25, -0.2) is 8.42 Å². The number of rotatable bonds is 3. The summed E-state index contributed by atoms with van der Waals surface area (Å²) < 4.78 is 26.0. The van der Waals surface area contributed by atoms with Gasteiger partial charge >= 0.3 is 0 Å². The number of halogens is 1. The van der Waals surface area contributed by atoms with Crippen LogP contribution in [0.5, 0.6) is 0 Å². The Morgan fingerprint density at radius 1 is 1.40 bits per heavy atom. The lowest BCUT2D eigenvalue weighted by Crippen LogP contribution is -2.33. The van der Waals surface area contributed by atoms with Crippen molar-refractivity contribution in [3.63, 3.8) is 0 Å². The maximum atomic E-state index is 12.0. The fourth-order valence-corrected chi connectivity index (χ4v) is 2.85. The lowest BCUT2D eigenvalue weighted by molar-refractivity contribution is 0.410. The number of nitrogens with zero attached hydrogens (tertiary/aromatic N) is 2. The van der Waals surface area contributed by atoms with Crippen LogP contribution in [0.15, 0.2) is 27.8 Å². The average molecular weight is 293 g/mol. The summed E-state index contributed by atoms with van der Waals surface area (Å²) in [6, 6.07) is 1.47. The Bertz CT molecular complexity index is 445. The standard InChI is InChI=1S/C9H13BrN2O2S/c1-7(2)12(3)15(13,14)9-4-8(10)5-11-6-9/h4-7H,1-3H3. The van der Waals surface area contributed by atoms with Gasteiger partial charge in [0.15, 0.2) is 0 Å². The fraction of sp³-hybridized carbons (Fsp3) is 0.444. The molecule has 1 rings (SSSR count). The molecule has 0 N–H and O–H groups in total. The first-order valence-electron chi connectivity index (χ1n) is 4.44. The normalized spacial score (nSPS) is 12.4. The molecule has 4 nitrogen and oxygen atoms in total. The van der Waals surface area contributed by atoms with Crippen molar-refractivity contribution in [2.45, 2.75) is 24.8 Å². The summed E-state index contributed by atoms with van der Waals surface area (Å²) in [5, 5.41) is 0. The molecule has 0 fully saturated rings. The molecule has 1 aromatic rings. The van der Waals surface area contributed by atoms with Crippen molar-refractivity contribution in [2.75, 3.05) is 7.05 Å². The highest BCUT2D eigenvalue weighted by Gasteiger charge is 2.23. The van der Waals surface area contributed by atoms with E-state index in [2.05, 4.69) is 20.9 Å². The van der Waals surface area contributed by atoms with Gasteiger partial charge in [-0.1, -0.05) is 0 Å². The monoisotopic (exact) mass is 292 g/mol. The molecule has 0 saturated heterocycles. The molecule has 1 heterocycles. The van der Waals surface area contributed by atoms with Crippen LogP contribution in [0.25, 0.3) is 0 Å². The van der Waals surface area contributed by atoms with Gasteiger partial charge in [-0.15, -0.1) is 0 Å². The summed E-state index contributed by atoms with van der Waals surface area (Å²) in [5.41, 5.74) is 0. The van der Waals surface area contributed by atoms with Crippen LogP contribution in [0.4, 0.5) is 0 Å². The van der Waals surface area contributed by atoms with E-state index in [1.807, 2.05) is 13.8 Å². The molecule has 0 aliphatic rings. The maximum Gasteiger partial charge on any atom is 0.244 e. The van der Waals surface area contributed by atoms with Crippen LogP contribution in [0.1, 0.15) is 13.8 Å². The summed E-state index contributed by atoms with van der Waals surface area (Å²) in [6.45, 7) is 3.64. The van der Waals surface area contributed by atoms with E-state index in [9.17, 15) is 8.42 Å². The van der Waals surface area contributed by atoms with Gasteiger partial charge in [0.2, 0.25) is 10.0 Å². The van der Waals surface area contributed by atoms with Crippen LogP contribution >= 0.6 is 15.9 Å². The van der Waals surface area contributed by atoms with Gasteiger partial charge in [0.05, 0.1) is 0 Å². The minimum Gasteiger partial charge on any atom is -0.262 e. The van der Waals surface area contributed by atoms with Crippen LogP contribution in [0.2, 0.25) is 0 Å². The third kappa shape index (κ3) is 2.76. The molecule has 0 atom stereocenters. The van der Waals surface area contributed by atoms with Crippen LogP contribution in [-0.2, 0) is 10.0 Å². The van der Waals surface area contributed by atoms with Crippen molar-refractivity contribution in [2.24, 2.45) is 0 Å². The minimum absolute atomic E-state index is 0.0750. The third-order valence-corrected chi connectivity index (χ3v) is 4.52. The van der Waals surface area contributed by atoms with Crippen molar-refractivity contribution < 1.29 is 8.42 Å². The Hall–Kier alpha value is -0.460. The molecule has 0 saturated carbocycles. The van der Waals surface area contributed by atoms with E-state index in [-0.39, 0.29) is 10.9 Å². The molecule has 1 aromatic heterocycles. The van der Waals surface area contributed by atoms with E-state index in [0.29, 0.717) is 4.47 Å². The number of aromatic nitrogens is 1. The van der Waals surface area contributed by atoms with E-state index in [4.69, 9.17) is 0 Å². The number of pyridine rings is 1. The molecule has 0 aliphatic heterocycles. The first kappa shape index (κ1) is 12.6. The zero-order valence-electron chi connectivity index (χ0n) is 8.81. The predicted molar refractivity (Wildman–Crippen MR) is 62.0 cm³/mol. The van der Waals surface area contributed by atoms with Gasteiger partial charge in [0.1, 0.15) is 4.90 Å². The Morgan fingerprint density at radius 3 is 2.47 bits per heavy atom. The molecule has 0 spiro atoms. The summed E-state index contributed by atoms with van der Waals surface area (Å²) in [4.78, 5) is 4.04. The molecule has 0 aromatic carbocycles. The highest BCUT2D eigenvalue weighted by Crippen LogP contribution is 2.18. The molecule has 0 aliphatic carbocycles. The molecular weight excluding hydrogens is 280 g/mol. The minimum atomic E-state index is -3.42. The van der Waals surface area contributed by atoms with Crippen molar-refractivity contribution in [1.29, 1.82) is 0 Å². The average Bonchev–Trinajstić information content (AvgIpc) is 2.16. The summed E-state index contributed by atoms with van der Waals surface area (Å²) in [6.07, 6.45) is 2.90. The highest BCUT2D eigenvalue weighted by molar-refractivity contribution is 9.10. The van der Waals surface area contributed by atoms with E-state index in [0.717, 1.165) is 0 Å². The quantitative estimate of drug-likeness (QED) is 0.855. The second kappa shape index (κ2) is 4.59. The molecule has 0 unspecified atom stereocenters. The second-order valence-electron chi connectivity index (χ2n) is 3.45. The van der Waals surface area contributed by atoms with Crippen molar-refractivity contribution in [3.8, 4) is 0 Å². The van der Waals surface area contributed by atoms with E-state index >= 15 is 0 Å². The Morgan fingerprint density at radius 2 is 2.00 bits per heavy atom. The first-order valence-corrected chi connectivity index (χ1v) is 6.67. The van der Waals surface area contributed by atoms with E-state index in [1.165, 1.54) is 10.5 Å². The Balaban J connectivity index is 3.17. The summed E-state index contributed by atoms with van der Waals surface area (Å²) in [5.74, 6) is 0. The van der Waals surface area contributed by atoms with Gasteiger partial charge in [-0.05, 0) is 35.8 Å². The van der Waals surface area contributed by atoms with E-state index in [1.54, 1.807) is 19.3 Å². The highest BCUT2D eigenvalue weighted by atomic mass is 79.9. The van der Waals surface area contributed by atoms with Crippen LogP contribution in [0.3, 0.4) is 0 Å². The molecular formula is C9H13BrN2O2S. The fourth-order valence-electron chi connectivity index (χ4n) is 0.977. The molecule has 0 amide bonds. The van der Waals surface area contributed by atoms with Gasteiger partial charge in [-0.2, -0.15) is 4.31 Å². The SMILES string of the molecule is CC(C)N(C)S(=O)(=O)c1cncc(Br)c1. The zero-order chi connectivity index (χ0) is 11.6. The molecule has 0 bridgehead atoms. The summed E-state index contributed by atoms with van der Waals surface area (Å²) in [7, 11) is -1.86. The van der Waals surface area contributed by atoms with Crippen molar-refractivity contribution in [3.05, 3.63) is 22.9 Å². The number of sulfonamides is 1. The first-order chi connectivity index (χ1) is 6.85. The molecule has 0 radical (unpaired) electrons. The topological polar surface area (TPSA) is 50.3 Å². The van der Waals surface area contributed by atoms with Crippen LogP contribution in [-0.4, -0.2) is 30.8 Å².